The molecule has 2 aromatic rings. The van der Waals surface area contributed by atoms with Gasteiger partial charge < -0.3 is 5.32 Å². The van der Waals surface area contributed by atoms with E-state index in [0.29, 0.717) is 0 Å². The lowest BCUT2D eigenvalue weighted by Gasteiger charge is -2.21. The molecule has 9 heteroatoms. The van der Waals surface area contributed by atoms with Gasteiger partial charge in [0, 0.05) is 25.7 Å². The van der Waals surface area contributed by atoms with Crippen molar-refractivity contribution in [1.82, 2.24) is 4.31 Å². The van der Waals surface area contributed by atoms with E-state index in [1.807, 2.05) is 0 Å². The molecule has 0 aliphatic carbocycles. The van der Waals surface area contributed by atoms with Gasteiger partial charge in [-0.2, -0.15) is 4.31 Å². The van der Waals surface area contributed by atoms with Crippen molar-refractivity contribution in [3.05, 3.63) is 64.0 Å². The number of nitrogens with zero attached hydrogens (tertiary/aromatic N) is 2. The molecule has 140 valence electrons. The van der Waals surface area contributed by atoms with Crippen LogP contribution >= 0.6 is 0 Å². The van der Waals surface area contributed by atoms with Gasteiger partial charge in [0.25, 0.3) is 5.69 Å². The van der Waals surface area contributed by atoms with E-state index in [2.05, 4.69) is 5.32 Å². The van der Waals surface area contributed by atoms with Crippen molar-refractivity contribution in [2.75, 3.05) is 12.4 Å². The molecule has 0 amide bonds. The van der Waals surface area contributed by atoms with E-state index in [4.69, 9.17) is 0 Å². The molecule has 0 saturated carbocycles. The van der Waals surface area contributed by atoms with Crippen LogP contribution in [0.3, 0.4) is 0 Å². The molecule has 0 aliphatic rings. The van der Waals surface area contributed by atoms with Gasteiger partial charge in [0.2, 0.25) is 10.0 Å². The van der Waals surface area contributed by atoms with Crippen LogP contribution in [0.15, 0.2) is 47.4 Å². The fourth-order valence-corrected chi connectivity index (χ4v) is 3.55. The average molecular weight is 381 g/mol. The van der Waals surface area contributed by atoms with Crippen molar-refractivity contribution in [3.8, 4) is 0 Å². The molecule has 0 spiro atoms. The quantitative estimate of drug-likeness (QED) is 0.586. The van der Waals surface area contributed by atoms with Crippen LogP contribution in [0.4, 0.5) is 15.8 Å². The minimum atomic E-state index is -3.55. The van der Waals surface area contributed by atoms with Gasteiger partial charge in [0.05, 0.1) is 21.6 Å². The van der Waals surface area contributed by atoms with E-state index in [0.717, 1.165) is 11.6 Å². The lowest BCUT2D eigenvalue weighted by Crippen LogP contribution is -2.33. The molecule has 0 atom stereocenters. The van der Waals surface area contributed by atoms with E-state index in [1.165, 1.54) is 35.6 Å². The number of nitro groups is 1. The van der Waals surface area contributed by atoms with E-state index in [9.17, 15) is 22.9 Å². The summed E-state index contributed by atoms with van der Waals surface area (Å²) in [5.41, 5.74) is 0.553. The Bertz CT molecular complexity index is 899. The van der Waals surface area contributed by atoms with Crippen LogP contribution in [0.2, 0.25) is 0 Å². The molecule has 1 N–H and O–H groups in total. The molecule has 2 aromatic carbocycles. The third-order valence-corrected chi connectivity index (χ3v) is 6.02. The van der Waals surface area contributed by atoms with Gasteiger partial charge in [-0.1, -0.05) is 12.1 Å². The van der Waals surface area contributed by atoms with Crippen molar-refractivity contribution in [1.29, 1.82) is 0 Å². The number of hydrogen-bond donors (Lipinski definition) is 1. The van der Waals surface area contributed by atoms with Crippen LogP contribution in [0.5, 0.6) is 0 Å². The van der Waals surface area contributed by atoms with Crippen LogP contribution in [-0.4, -0.2) is 30.7 Å². The molecule has 0 radical (unpaired) electrons. The minimum Gasteiger partial charge on any atom is -0.379 e. The Morgan fingerprint density at radius 3 is 2.31 bits per heavy atom. The molecule has 0 aliphatic heterocycles. The Balaban J connectivity index is 2.10. The number of nitro benzene ring substituents is 1. The Kier molecular flexibility index (Phi) is 5.94. The second kappa shape index (κ2) is 7.79. The van der Waals surface area contributed by atoms with E-state index in [-0.39, 0.29) is 28.9 Å². The summed E-state index contributed by atoms with van der Waals surface area (Å²) in [7, 11) is -2.03. The molecule has 0 saturated heterocycles. The lowest BCUT2D eigenvalue weighted by molar-refractivity contribution is -0.385. The van der Waals surface area contributed by atoms with Gasteiger partial charge in [-0.25, -0.2) is 12.8 Å². The maximum atomic E-state index is 13.8. The number of rotatable bonds is 7. The first-order chi connectivity index (χ1) is 12.1. The summed E-state index contributed by atoms with van der Waals surface area (Å²) in [6.45, 7) is 3.82. The standard InChI is InChI=1S/C17H20FN3O4S/c1-12(2)20(3)26(24,25)15-7-4-13(5-8-15)11-19-17-9-6-14(21(22)23)10-16(17)18/h4-10,12,19H,11H2,1-3H3. The van der Waals surface area contributed by atoms with Gasteiger partial charge in [-0.05, 0) is 37.6 Å². The summed E-state index contributed by atoms with van der Waals surface area (Å²) < 4.78 is 39.9. The zero-order chi connectivity index (χ0) is 19.5. The summed E-state index contributed by atoms with van der Waals surface area (Å²) in [5.74, 6) is -0.725. The Hall–Kier alpha value is -2.52. The lowest BCUT2D eigenvalue weighted by atomic mass is 10.2. The van der Waals surface area contributed by atoms with Crippen LogP contribution in [0.25, 0.3) is 0 Å². The molecule has 7 nitrogen and oxygen atoms in total. The minimum absolute atomic E-state index is 0.131. The Morgan fingerprint density at radius 1 is 1.19 bits per heavy atom. The zero-order valence-corrected chi connectivity index (χ0v) is 15.5. The van der Waals surface area contributed by atoms with E-state index >= 15 is 0 Å². The first kappa shape index (κ1) is 19.8. The number of hydrogen-bond acceptors (Lipinski definition) is 5. The largest absolute Gasteiger partial charge is 0.379 e. The maximum absolute atomic E-state index is 13.8. The molecule has 0 bridgehead atoms. The topological polar surface area (TPSA) is 92.6 Å². The normalized spacial score (nSPS) is 11.8. The van der Waals surface area contributed by atoms with Crippen LogP contribution in [0, 0.1) is 15.9 Å². The molecule has 0 aromatic heterocycles. The monoisotopic (exact) mass is 381 g/mol. The predicted octanol–water partition coefficient (Wildman–Crippen LogP) is 3.37. The number of benzene rings is 2. The van der Waals surface area contributed by atoms with E-state index < -0.39 is 20.8 Å². The number of halogens is 1. The van der Waals surface area contributed by atoms with Crippen molar-refractivity contribution in [2.45, 2.75) is 31.3 Å². The number of anilines is 1. The third-order valence-electron chi connectivity index (χ3n) is 3.97. The molecule has 0 fully saturated rings. The van der Waals surface area contributed by atoms with Crippen molar-refractivity contribution >= 4 is 21.4 Å². The SMILES string of the molecule is CC(C)N(C)S(=O)(=O)c1ccc(CNc2ccc([N+](=O)[O-])cc2F)cc1. The van der Waals surface area contributed by atoms with Gasteiger partial charge >= 0.3 is 0 Å². The van der Waals surface area contributed by atoms with Crippen molar-refractivity contribution < 1.29 is 17.7 Å². The van der Waals surface area contributed by atoms with Gasteiger partial charge in [0.1, 0.15) is 0 Å². The molecular weight excluding hydrogens is 361 g/mol. The van der Waals surface area contributed by atoms with Gasteiger partial charge in [-0.3, -0.25) is 10.1 Å². The third kappa shape index (κ3) is 4.36. The summed E-state index contributed by atoms with van der Waals surface area (Å²) >= 11 is 0. The van der Waals surface area contributed by atoms with Crippen LogP contribution in [0.1, 0.15) is 19.4 Å². The number of nitrogens with one attached hydrogen (secondary N) is 1. The highest BCUT2D eigenvalue weighted by Gasteiger charge is 2.22. The first-order valence-corrected chi connectivity index (χ1v) is 9.31. The second-order valence-electron chi connectivity index (χ2n) is 6.03. The fourth-order valence-electron chi connectivity index (χ4n) is 2.18. The first-order valence-electron chi connectivity index (χ1n) is 7.87. The predicted molar refractivity (Wildman–Crippen MR) is 96.9 cm³/mol. The molecule has 0 unspecified atom stereocenters. The van der Waals surface area contributed by atoms with Crippen molar-refractivity contribution in [2.24, 2.45) is 0 Å². The Morgan fingerprint density at radius 2 is 1.81 bits per heavy atom. The zero-order valence-electron chi connectivity index (χ0n) is 14.6. The summed E-state index contributed by atoms with van der Waals surface area (Å²) in [4.78, 5) is 10.1. The number of non-ortho nitro benzene ring substituents is 1. The number of sulfonamides is 1. The summed E-state index contributed by atoms with van der Waals surface area (Å²) in [6.07, 6.45) is 0. The molecule has 2 rings (SSSR count). The summed E-state index contributed by atoms with van der Waals surface area (Å²) in [6, 6.07) is 9.46. The van der Waals surface area contributed by atoms with Crippen LogP contribution < -0.4 is 5.32 Å². The molecular formula is C17H20FN3O4S. The molecule has 0 heterocycles. The van der Waals surface area contributed by atoms with E-state index in [1.54, 1.807) is 26.0 Å². The second-order valence-corrected chi connectivity index (χ2v) is 8.03. The van der Waals surface area contributed by atoms with Crippen LogP contribution in [-0.2, 0) is 16.6 Å². The fraction of sp³-hybridized carbons (Fsp3) is 0.294. The maximum Gasteiger partial charge on any atom is 0.272 e. The van der Waals surface area contributed by atoms with Gasteiger partial charge in [0.15, 0.2) is 5.82 Å². The van der Waals surface area contributed by atoms with Gasteiger partial charge in [-0.15, -0.1) is 0 Å². The Labute approximate surface area is 151 Å². The summed E-state index contributed by atoms with van der Waals surface area (Å²) in [5, 5.41) is 13.4. The molecule has 26 heavy (non-hydrogen) atoms. The highest BCUT2D eigenvalue weighted by atomic mass is 32.2. The average Bonchev–Trinajstić information content (AvgIpc) is 2.60. The highest BCUT2D eigenvalue weighted by Crippen LogP contribution is 2.22. The van der Waals surface area contributed by atoms with Crippen molar-refractivity contribution in [3.63, 3.8) is 0 Å². The smallest absolute Gasteiger partial charge is 0.272 e. The highest BCUT2D eigenvalue weighted by molar-refractivity contribution is 7.89.